The number of aliphatic carboxylic acids is 1. The number of rotatable bonds is 5. The maximum absolute atomic E-state index is 12.9. The molecule has 0 spiro atoms. The van der Waals surface area contributed by atoms with Crippen LogP contribution in [-0.2, 0) is 17.8 Å². The van der Waals surface area contributed by atoms with Crippen LogP contribution in [0.4, 0.5) is 0 Å². The molecule has 0 saturated carbocycles. The molecule has 1 aliphatic heterocycles. The van der Waals surface area contributed by atoms with Gasteiger partial charge in [-0.15, -0.1) is 11.3 Å². The third-order valence-corrected chi connectivity index (χ3v) is 5.66. The summed E-state index contributed by atoms with van der Waals surface area (Å²) in [5, 5.41) is 11.9. The molecule has 0 bridgehead atoms. The van der Waals surface area contributed by atoms with Crippen LogP contribution < -0.4 is 10.9 Å². The third kappa shape index (κ3) is 3.58. The number of carbonyl (C=O) groups excluding carboxylic acids is 1. The molecule has 0 aliphatic carbocycles. The number of nitrogens with zero attached hydrogens (tertiary/aromatic N) is 2. The first kappa shape index (κ1) is 17.6. The number of nitrogens with one attached hydrogen (secondary N) is 1. The van der Waals surface area contributed by atoms with E-state index in [4.69, 9.17) is 5.11 Å². The summed E-state index contributed by atoms with van der Waals surface area (Å²) in [6, 6.07) is 0. The molecule has 0 unspecified atom stereocenters. The molecule has 2 aromatic heterocycles. The number of hydrogen-bond acceptors (Lipinski definition) is 5. The lowest BCUT2D eigenvalue weighted by Crippen LogP contribution is -2.25. The van der Waals surface area contributed by atoms with E-state index in [9.17, 15) is 14.4 Å². The average Bonchev–Trinajstić information content (AvgIpc) is 2.74. The smallest absolute Gasteiger partial charge is 0.303 e. The van der Waals surface area contributed by atoms with Gasteiger partial charge in [-0.25, -0.2) is 4.98 Å². The number of aromatic nitrogens is 2. The van der Waals surface area contributed by atoms with Gasteiger partial charge in [-0.1, -0.05) is 6.42 Å². The van der Waals surface area contributed by atoms with E-state index in [0.717, 1.165) is 31.5 Å². The molecule has 2 aromatic rings. The minimum Gasteiger partial charge on any atom is -0.481 e. The quantitative estimate of drug-likeness (QED) is 0.792. The highest BCUT2D eigenvalue weighted by molar-refractivity contribution is 7.20. The van der Waals surface area contributed by atoms with Crippen molar-refractivity contribution in [3.8, 4) is 0 Å². The zero-order chi connectivity index (χ0) is 18.0. The summed E-state index contributed by atoms with van der Waals surface area (Å²) in [7, 11) is 0. The molecular weight excluding hydrogens is 342 g/mol. The summed E-state index contributed by atoms with van der Waals surface area (Å²) >= 11 is 1.24. The first-order valence-electron chi connectivity index (χ1n) is 8.52. The molecule has 7 nitrogen and oxygen atoms in total. The second kappa shape index (κ2) is 7.35. The van der Waals surface area contributed by atoms with E-state index < -0.39 is 5.97 Å². The summed E-state index contributed by atoms with van der Waals surface area (Å²) < 4.78 is 1.75. The Morgan fingerprint density at radius 3 is 2.88 bits per heavy atom. The van der Waals surface area contributed by atoms with Crippen LogP contribution in [0.1, 0.15) is 53.2 Å². The Balaban J connectivity index is 1.89. The van der Waals surface area contributed by atoms with E-state index in [1.54, 1.807) is 11.5 Å². The normalized spacial score (nSPS) is 14.1. The summed E-state index contributed by atoms with van der Waals surface area (Å²) in [4.78, 5) is 41.5. The Kier molecular flexibility index (Phi) is 5.17. The fraction of sp³-hybridized carbons (Fsp3) is 0.529. The number of carboxylic acids is 1. The van der Waals surface area contributed by atoms with Crippen LogP contribution >= 0.6 is 11.3 Å². The van der Waals surface area contributed by atoms with Crippen LogP contribution in [0.15, 0.2) is 4.79 Å². The van der Waals surface area contributed by atoms with Gasteiger partial charge in [-0.3, -0.25) is 19.0 Å². The van der Waals surface area contributed by atoms with E-state index in [1.165, 1.54) is 11.3 Å². The Bertz CT molecular complexity index is 884. The van der Waals surface area contributed by atoms with Crippen LogP contribution in [0, 0.1) is 6.92 Å². The molecule has 8 heteroatoms. The van der Waals surface area contributed by atoms with Gasteiger partial charge in [0.05, 0.1) is 10.3 Å². The third-order valence-electron chi connectivity index (χ3n) is 4.47. The van der Waals surface area contributed by atoms with Crippen molar-refractivity contribution < 1.29 is 14.7 Å². The van der Waals surface area contributed by atoms with Crippen LogP contribution in [0.25, 0.3) is 10.2 Å². The first-order valence-corrected chi connectivity index (χ1v) is 9.33. The fourth-order valence-corrected chi connectivity index (χ4v) is 4.26. The van der Waals surface area contributed by atoms with Crippen molar-refractivity contribution in [3.05, 3.63) is 26.6 Å². The van der Waals surface area contributed by atoms with Gasteiger partial charge in [0.2, 0.25) is 0 Å². The van der Waals surface area contributed by atoms with Crippen LogP contribution in [0.3, 0.4) is 0 Å². The van der Waals surface area contributed by atoms with Crippen LogP contribution in [0.5, 0.6) is 0 Å². The highest BCUT2D eigenvalue weighted by atomic mass is 32.1. The standard InChI is InChI=1S/C17H21N3O4S/c1-10-13-16(19-11-6-3-2-4-9-20(11)17(13)24)25-14(10)15(23)18-8-5-7-12(21)22/h2-9H2,1H3,(H,18,23)(H,21,22). The second-order valence-corrected chi connectivity index (χ2v) is 7.28. The predicted molar refractivity (Wildman–Crippen MR) is 95.4 cm³/mol. The number of thiophene rings is 1. The Hall–Kier alpha value is -2.22. The Morgan fingerprint density at radius 2 is 2.12 bits per heavy atom. The molecule has 0 atom stereocenters. The summed E-state index contributed by atoms with van der Waals surface area (Å²) in [6.07, 6.45) is 4.28. The van der Waals surface area contributed by atoms with Crippen LogP contribution in [-0.4, -0.2) is 33.1 Å². The zero-order valence-corrected chi connectivity index (χ0v) is 14.9. The number of fused-ring (bicyclic) bond motifs is 2. The van der Waals surface area contributed by atoms with E-state index >= 15 is 0 Å². The van der Waals surface area contributed by atoms with E-state index in [1.807, 2.05) is 0 Å². The topological polar surface area (TPSA) is 101 Å². The molecule has 3 heterocycles. The molecule has 0 radical (unpaired) electrons. The first-order chi connectivity index (χ1) is 12.0. The molecular formula is C17H21N3O4S. The molecule has 1 amide bonds. The van der Waals surface area contributed by atoms with Gasteiger partial charge in [0.15, 0.2) is 0 Å². The van der Waals surface area contributed by atoms with Crippen LogP contribution in [0.2, 0.25) is 0 Å². The molecule has 0 fully saturated rings. The van der Waals surface area contributed by atoms with E-state index in [2.05, 4.69) is 10.3 Å². The zero-order valence-electron chi connectivity index (χ0n) is 14.1. The Morgan fingerprint density at radius 1 is 1.32 bits per heavy atom. The second-order valence-electron chi connectivity index (χ2n) is 6.29. The van der Waals surface area contributed by atoms with Crippen molar-refractivity contribution in [1.29, 1.82) is 0 Å². The number of carbonyl (C=O) groups is 2. The van der Waals surface area contributed by atoms with Gasteiger partial charge >= 0.3 is 5.97 Å². The van der Waals surface area contributed by atoms with Gasteiger partial charge in [0, 0.05) is 25.9 Å². The molecule has 1 aliphatic rings. The maximum Gasteiger partial charge on any atom is 0.303 e. The highest BCUT2D eigenvalue weighted by Crippen LogP contribution is 2.28. The van der Waals surface area contributed by atoms with Gasteiger partial charge in [-0.05, 0) is 31.7 Å². The monoisotopic (exact) mass is 363 g/mol. The molecule has 2 N–H and O–H groups in total. The molecule has 0 saturated heterocycles. The molecule has 25 heavy (non-hydrogen) atoms. The largest absolute Gasteiger partial charge is 0.481 e. The summed E-state index contributed by atoms with van der Waals surface area (Å²) in [6.45, 7) is 2.75. The predicted octanol–water partition coefficient (Wildman–Crippen LogP) is 2.09. The number of carboxylic acid groups (broad SMARTS) is 1. The average molecular weight is 363 g/mol. The number of aryl methyl sites for hydroxylation is 2. The lowest BCUT2D eigenvalue weighted by molar-refractivity contribution is -0.137. The van der Waals surface area contributed by atoms with Gasteiger partial charge in [0.25, 0.3) is 11.5 Å². The van der Waals surface area contributed by atoms with Gasteiger partial charge in [-0.2, -0.15) is 0 Å². The SMILES string of the molecule is Cc1c(C(=O)NCCCC(=O)O)sc2nc3n(c(=O)c12)CCCCC3. The lowest BCUT2D eigenvalue weighted by Gasteiger charge is -2.08. The van der Waals surface area contributed by atoms with E-state index in [0.29, 0.717) is 40.2 Å². The van der Waals surface area contributed by atoms with Crippen molar-refractivity contribution >= 4 is 33.4 Å². The van der Waals surface area contributed by atoms with Crippen molar-refractivity contribution in [2.75, 3.05) is 6.54 Å². The molecule has 134 valence electrons. The highest BCUT2D eigenvalue weighted by Gasteiger charge is 2.22. The lowest BCUT2D eigenvalue weighted by atomic mass is 10.2. The fourth-order valence-electron chi connectivity index (χ4n) is 3.15. The Labute approximate surface area is 148 Å². The summed E-state index contributed by atoms with van der Waals surface area (Å²) in [5.74, 6) is -0.346. The van der Waals surface area contributed by atoms with Gasteiger partial charge in [0.1, 0.15) is 10.7 Å². The summed E-state index contributed by atoms with van der Waals surface area (Å²) in [5.41, 5.74) is 0.605. The minimum absolute atomic E-state index is 0.0152. The maximum atomic E-state index is 12.9. The number of amides is 1. The van der Waals surface area contributed by atoms with Crippen molar-refractivity contribution in [2.45, 2.75) is 52.0 Å². The minimum atomic E-state index is -0.883. The van der Waals surface area contributed by atoms with Crippen molar-refractivity contribution in [1.82, 2.24) is 14.9 Å². The molecule has 3 rings (SSSR count). The van der Waals surface area contributed by atoms with E-state index in [-0.39, 0.29) is 17.9 Å². The van der Waals surface area contributed by atoms with Gasteiger partial charge < -0.3 is 10.4 Å². The van der Waals surface area contributed by atoms with Crippen molar-refractivity contribution in [2.24, 2.45) is 0 Å². The van der Waals surface area contributed by atoms with Crippen molar-refractivity contribution in [3.63, 3.8) is 0 Å². The number of hydrogen-bond donors (Lipinski definition) is 2. The molecule has 0 aromatic carbocycles.